The average Bonchev–Trinajstić information content (AvgIpc) is 3.04. The summed E-state index contributed by atoms with van der Waals surface area (Å²) in [7, 11) is 0. The highest BCUT2D eigenvalue weighted by Gasteiger charge is 2.68. The Labute approximate surface area is 137 Å². The summed E-state index contributed by atoms with van der Waals surface area (Å²) in [6.45, 7) is 1.66. The highest BCUT2D eigenvalue weighted by atomic mass is 15.4. The van der Waals surface area contributed by atoms with Gasteiger partial charge in [-0.3, -0.25) is 4.68 Å². The predicted molar refractivity (Wildman–Crippen MR) is 89.5 cm³/mol. The van der Waals surface area contributed by atoms with Crippen molar-refractivity contribution in [3.63, 3.8) is 0 Å². The zero-order valence-corrected chi connectivity index (χ0v) is 13.5. The second-order valence-electron chi connectivity index (χ2n) is 7.42. The fraction of sp³-hybridized carbons (Fsp3) is 0.556. The molecule has 0 aliphatic heterocycles. The minimum absolute atomic E-state index is 0.0382. The Kier molecular flexibility index (Phi) is 3.50. The lowest BCUT2D eigenvalue weighted by molar-refractivity contribution is 0.183. The van der Waals surface area contributed by atoms with E-state index in [1.54, 1.807) is 0 Å². The van der Waals surface area contributed by atoms with E-state index in [-0.39, 0.29) is 11.5 Å². The number of nitrogens with zero attached hydrogens (tertiary/aromatic N) is 3. The summed E-state index contributed by atoms with van der Waals surface area (Å²) in [4.78, 5) is 0. The van der Waals surface area contributed by atoms with Gasteiger partial charge in [0.1, 0.15) is 0 Å². The second-order valence-corrected chi connectivity index (χ2v) is 7.42. The van der Waals surface area contributed by atoms with E-state index >= 15 is 0 Å². The smallest absolute Gasteiger partial charge is 0.0846 e. The van der Waals surface area contributed by atoms with Crippen LogP contribution in [0.2, 0.25) is 0 Å². The highest BCUT2D eigenvalue weighted by Crippen LogP contribution is 2.74. The Balaban J connectivity index is 1.41. The van der Waals surface area contributed by atoms with Gasteiger partial charge in [-0.25, -0.2) is 0 Å². The zero-order chi connectivity index (χ0) is 15.9. The van der Waals surface area contributed by atoms with Gasteiger partial charge in [0.05, 0.1) is 12.2 Å². The molecule has 2 fully saturated rings. The summed E-state index contributed by atoms with van der Waals surface area (Å²) in [6.07, 6.45) is 8.05. The molecule has 0 bridgehead atoms. The lowest BCUT2D eigenvalue weighted by Gasteiger charge is -2.32. The maximum absolute atomic E-state index is 6.28. The minimum atomic E-state index is -0.0382. The van der Waals surface area contributed by atoms with Crippen molar-refractivity contribution in [2.75, 3.05) is 6.54 Å². The van der Waals surface area contributed by atoms with Gasteiger partial charge in [-0.1, -0.05) is 42.0 Å². The number of benzene rings is 1. The standard InChI is InChI=1S/C18H25N5/c19-12-18(11-17(18)7-4-8-17)13-23-10-15(21-22-23)9-16(20)14-5-2-1-3-6-14/h1-3,5-6,10,16H,4,7-9,11-13,19-20H2. The molecule has 1 heterocycles. The van der Waals surface area contributed by atoms with Crippen LogP contribution >= 0.6 is 0 Å². The Morgan fingerprint density at radius 1 is 1.22 bits per heavy atom. The Bertz CT molecular complexity index is 676. The molecule has 1 aromatic carbocycles. The van der Waals surface area contributed by atoms with E-state index < -0.39 is 0 Å². The van der Waals surface area contributed by atoms with Crippen LogP contribution in [0.4, 0.5) is 0 Å². The van der Waals surface area contributed by atoms with E-state index in [1.807, 2.05) is 29.1 Å². The van der Waals surface area contributed by atoms with Crippen molar-refractivity contribution in [2.24, 2.45) is 22.3 Å². The van der Waals surface area contributed by atoms with Crippen LogP contribution in [0.1, 0.15) is 43.0 Å². The fourth-order valence-electron chi connectivity index (χ4n) is 4.35. The SMILES string of the molecule is NCC1(Cn2cc(CC(N)c3ccccc3)nn2)CC12CCC2. The average molecular weight is 311 g/mol. The molecule has 2 aromatic rings. The third kappa shape index (κ3) is 2.48. The van der Waals surface area contributed by atoms with Gasteiger partial charge in [0, 0.05) is 30.6 Å². The van der Waals surface area contributed by atoms with Crippen LogP contribution in [-0.2, 0) is 13.0 Å². The first kappa shape index (κ1) is 14.8. The quantitative estimate of drug-likeness (QED) is 0.855. The number of nitrogens with two attached hydrogens (primary N) is 2. The molecule has 2 atom stereocenters. The monoisotopic (exact) mass is 311 g/mol. The molecular weight excluding hydrogens is 286 g/mol. The molecule has 4 N–H and O–H groups in total. The molecule has 1 spiro atoms. The van der Waals surface area contributed by atoms with Crippen LogP contribution in [0.15, 0.2) is 36.5 Å². The van der Waals surface area contributed by atoms with E-state index in [2.05, 4.69) is 22.4 Å². The molecule has 2 unspecified atom stereocenters. The first-order chi connectivity index (χ1) is 11.2. The predicted octanol–water partition coefficient (Wildman–Crippen LogP) is 2.04. The summed E-state index contributed by atoms with van der Waals surface area (Å²) in [5.41, 5.74) is 15.2. The molecule has 122 valence electrons. The molecule has 0 saturated heterocycles. The van der Waals surface area contributed by atoms with E-state index in [0.29, 0.717) is 11.8 Å². The van der Waals surface area contributed by atoms with E-state index in [0.717, 1.165) is 24.3 Å². The summed E-state index contributed by atoms with van der Waals surface area (Å²) in [5, 5.41) is 8.63. The number of aromatic nitrogens is 3. The summed E-state index contributed by atoms with van der Waals surface area (Å²) >= 11 is 0. The summed E-state index contributed by atoms with van der Waals surface area (Å²) in [6, 6.07) is 10.1. The van der Waals surface area contributed by atoms with Crippen LogP contribution in [0.25, 0.3) is 0 Å². The van der Waals surface area contributed by atoms with Gasteiger partial charge in [0.15, 0.2) is 0 Å². The van der Waals surface area contributed by atoms with Crippen LogP contribution < -0.4 is 11.5 Å². The Hall–Kier alpha value is -1.72. The molecule has 5 nitrogen and oxygen atoms in total. The first-order valence-electron chi connectivity index (χ1n) is 8.56. The maximum atomic E-state index is 6.28. The molecule has 5 heteroatoms. The molecule has 2 aliphatic rings. The van der Waals surface area contributed by atoms with Crippen LogP contribution in [0.5, 0.6) is 0 Å². The molecular formula is C18H25N5. The number of hydrogen-bond donors (Lipinski definition) is 2. The lowest BCUT2D eigenvalue weighted by Crippen LogP contribution is -2.32. The van der Waals surface area contributed by atoms with Crippen LogP contribution in [-0.4, -0.2) is 21.5 Å². The molecule has 1 aromatic heterocycles. The van der Waals surface area contributed by atoms with Gasteiger partial charge < -0.3 is 11.5 Å². The van der Waals surface area contributed by atoms with Gasteiger partial charge in [-0.05, 0) is 30.2 Å². The third-order valence-electron chi connectivity index (χ3n) is 6.09. The lowest BCUT2D eigenvalue weighted by atomic mass is 9.75. The molecule has 2 aliphatic carbocycles. The zero-order valence-electron chi connectivity index (χ0n) is 13.5. The van der Waals surface area contributed by atoms with Crippen molar-refractivity contribution in [1.29, 1.82) is 0 Å². The number of rotatable bonds is 6. The van der Waals surface area contributed by atoms with Crippen molar-refractivity contribution in [1.82, 2.24) is 15.0 Å². The maximum Gasteiger partial charge on any atom is 0.0846 e. The summed E-state index contributed by atoms with van der Waals surface area (Å²) in [5.74, 6) is 0. The van der Waals surface area contributed by atoms with Crippen LogP contribution in [0, 0.1) is 10.8 Å². The molecule has 23 heavy (non-hydrogen) atoms. The third-order valence-corrected chi connectivity index (χ3v) is 6.09. The van der Waals surface area contributed by atoms with Gasteiger partial charge in [0.25, 0.3) is 0 Å². The Morgan fingerprint density at radius 2 is 2.00 bits per heavy atom. The Morgan fingerprint density at radius 3 is 2.61 bits per heavy atom. The normalized spacial score (nSPS) is 26.0. The second kappa shape index (κ2) is 5.42. The van der Waals surface area contributed by atoms with Gasteiger partial charge >= 0.3 is 0 Å². The summed E-state index contributed by atoms with van der Waals surface area (Å²) < 4.78 is 1.98. The van der Waals surface area contributed by atoms with E-state index in [9.17, 15) is 0 Å². The first-order valence-corrected chi connectivity index (χ1v) is 8.56. The van der Waals surface area contributed by atoms with E-state index in [1.165, 1.54) is 25.7 Å². The molecule has 0 amide bonds. The minimum Gasteiger partial charge on any atom is -0.330 e. The van der Waals surface area contributed by atoms with Crippen LogP contribution in [0.3, 0.4) is 0 Å². The largest absolute Gasteiger partial charge is 0.330 e. The fourth-order valence-corrected chi connectivity index (χ4v) is 4.35. The topological polar surface area (TPSA) is 82.8 Å². The highest BCUT2D eigenvalue weighted by molar-refractivity contribution is 5.20. The number of hydrogen-bond acceptors (Lipinski definition) is 4. The van der Waals surface area contributed by atoms with Crippen molar-refractivity contribution in [3.8, 4) is 0 Å². The van der Waals surface area contributed by atoms with Gasteiger partial charge in [0.2, 0.25) is 0 Å². The van der Waals surface area contributed by atoms with Crippen molar-refractivity contribution in [3.05, 3.63) is 47.8 Å². The van der Waals surface area contributed by atoms with E-state index in [4.69, 9.17) is 11.5 Å². The van der Waals surface area contributed by atoms with Crippen molar-refractivity contribution >= 4 is 0 Å². The molecule has 2 saturated carbocycles. The van der Waals surface area contributed by atoms with Crippen molar-refractivity contribution < 1.29 is 0 Å². The van der Waals surface area contributed by atoms with Gasteiger partial charge in [-0.15, -0.1) is 5.10 Å². The molecule has 0 radical (unpaired) electrons. The molecule has 4 rings (SSSR count). The van der Waals surface area contributed by atoms with Crippen molar-refractivity contribution in [2.45, 2.75) is 44.7 Å². The van der Waals surface area contributed by atoms with Gasteiger partial charge in [-0.2, -0.15) is 0 Å².